The predicted molar refractivity (Wildman–Crippen MR) is 78.5 cm³/mol. The summed E-state index contributed by atoms with van der Waals surface area (Å²) in [6.07, 6.45) is 0.900. The highest BCUT2D eigenvalue weighted by Crippen LogP contribution is 2.22. The third-order valence-electron chi connectivity index (χ3n) is 3.54. The molecule has 1 fully saturated rings. The highest BCUT2D eigenvalue weighted by molar-refractivity contribution is 5.89. The number of anilines is 1. The molecule has 2 amide bonds. The number of nitrogens with zero attached hydrogens (tertiary/aromatic N) is 2. The number of hydrogen-bond acceptors (Lipinski definition) is 4. The van der Waals surface area contributed by atoms with Crippen LogP contribution in [0.5, 0.6) is 0 Å². The first-order chi connectivity index (χ1) is 10.0. The Morgan fingerprint density at radius 1 is 1.57 bits per heavy atom. The van der Waals surface area contributed by atoms with E-state index >= 15 is 0 Å². The fourth-order valence-electron chi connectivity index (χ4n) is 2.24. The molecule has 1 heterocycles. The Kier molecular flexibility index (Phi) is 4.74. The zero-order valence-electron chi connectivity index (χ0n) is 12.2. The molecule has 1 atom stereocenters. The average molecular weight is 293 g/mol. The van der Waals surface area contributed by atoms with Crippen LogP contribution in [-0.4, -0.2) is 41.7 Å². The Morgan fingerprint density at radius 2 is 2.33 bits per heavy atom. The van der Waals surface area contributed by atoms with Gasteiger partial charge in [-0.15, -0.1) is 0 Å². The molecule has 21 heavy (non-hydrogen) atoms. The lowest BCUT2D eigenvalue weighted by atomic mass is 10.2. The Hall–Kier alpha value is -2.15. The van der Waals surface area contributed by atoms with Crippen LogP contribution < -0.4 is 5.32 Å². The highest BCUT2D eigenvalue weighted by Gasteiger charge is 2.23. The van der Waals surface area contributed by atoms with Gasteiger partial charge in [0.25, 0.3) is 5.69 Å². The molecule has 1 aromatic rings. The minimum Gasteiger partial charge on any atom is -0.375 e. The molecule has 1 aliphatic heterocycles. The summed E-state index contributed by atoms with van der Waals surface area (Å²) in [6, 6.07) is 4.42. The molecule has 0 unspecified atom stereocenters. The Balaban J connectivity index is 2.05. The largest absolute Gasteiger partial charge is 0.375 e. The fourth-order valence-corrected chi connectivity index (χ4v) is 2.24. The summed E-state index contributed by atoms with van der Waals surface area (Å²) in [6.45, 7) is 5.25. The van der Waals surface area contributed by atoms with Gasteiger partial charge in [0.2, 0.25) is 0 Å². The SMILES string of the molecule is CC[C@@H]1CN(C(=O)Nc2ccc(C)c([N+](=O)[O-])c2)CCO1. The molecule has 0 radical (unpaired) electrons. The van der Waals surface area contributed by atoms with E-state index in [1.54, 1.807) is 24.0 Å². The van der Waals surface area contributed by atoms with Gasteiger partial charge >= 0.3 is 6.03 Å². The lowest BCUT2D eigenvalue weighted by Gasteiger charge is -2.32. The Bertz CT molecular complexity index is 547. The van der Waals surface area contributed by atoms with Crippen LogP contribution in [0.3, 0.4) is 0 Å². The molecule has 0 spiro atoms. The van der Waals surface area contributed by atoms with Gasteiger partial charge in [0, 0.05) is 30.4 Å². The number of hydrogen-bond donors (Lipinski definition) is 1. The van der Waals surface area contributed by atoms with Crippen LogP contribution in [0.4, 0.5) is 16.2 Å². The summed E-state index contributed by atoms with van der Waals surface area (Å²) in [7, 11) is 0. The fraction of sp³-hybridized carbons (Fsp3) is 0.500. The van der Waals surface area contributed by atoms with E-state index < -0.39 is 4.92 Å². The van der Waals surface area contributed by atoms with Gasteiger partial charge in [-0.3, -0.25) is 10.1 Å². The van der Waals surface area contributed by atoms with Crippen molar-refractivity contribution in [1.82, 2.24) is 4.90 Å². The van der Waals surface area contributed by atoms with Crippen molar-refractivity contribution in [1.29, 1.82) is 0 Å². The van der Waals surface area contributed by atoms with E-state index in [1.165, 1.54) is 6.07 Å². The molecule has 114 valence electrons. The maximum absolute atomic E-state index is 12.2. The zero-order valence-corrected chi connectivity index (χ0v) is 12.2. The summed E-state index contributed by atoms with van der Waals surface area (Å²) >= 11 is 0. The number of nitro benzene ring substituents is 1. The maximum atomic E-state index is 12.2. The molecule has 0 aliphatic carbocycles. The van der Waals surface area contributed by atoms with E-state index in [9.17, 15) is 14.9 Å². The van der Waals surface area contributed by atoms with Crippen molar-refractivity contribution in [3.63, 3.8) is 0 Å². The van der Waals surface area contributed by atoms with Crippen molar-refractivity contribution < 1.29 is 14.5 Å². The van der Waals surface area contributed by atoms with Gasteiger partial charge in [0.15, 0.2) is 0 Å². The Labute approximate surface area is 123 Å². The number of ether oxygens (including phenoxy) is 1. The topological polar surface area (TPSA) is 84.7 Å². The molecular weight excluding hydrogens is 274 g/mol. The van der Waals surface area contributed by atoms with E-state index in [4.69, 9.17) is 4.74 Å². The smallest absolute Gasteiger partial charge is 0.322 e. The normalized spacial score (nSPS) is 18.4. The van der Waals surface area contributed by atoms with Crippen LogP contribution in [0.2, 0.25) is 0 Å². The maximum Gasteiger partial charge on any atom is 0.322 e. The number of morpholine rings is 1. The van der Waals surface area contributed by atoms with Crippen LogP contribution in [0, 0.1) is 17.0 Å². The lowest BCUT2D eigenvalue weighted by Crippen LogP contribution is -2.47. The van der Waals surface area contributed by atoms with Gasteiger partial charge in [0.05, 0.1) is 17.6 Å². The van der Waals surface area contributed by atoms with E-state index in [2.05, 4.69) is 5.32 Å². The third-order valence-corrected chi connectivity index (χ3v) is 3.54. The minimum atomic E-state index is -0.452. The van der Waals surface area contributed by atoms with Crippen LogP contribution >= 0.6 is 0 Å². The average Bonchev–Trinajstić information content (AvgIpc) is 2.49. The van der Waals surface area contributed by atoms with Crippen molar-refractivity contribution in [3.8, 4) is 0 Å². The molecule has 7 nitrogen and oxygen atoms in total. The second-order valence-corrected chi connectivity index (χ2v) is 5.04. The van der Waals surface area contributed by atoms with E-state index in [-0.39, 0.29) is 17.8 Å². The van der Waals surface area contributed by atoms with E-state index in [0.717, 1.165) is 6.42 Å². The minimum absolute atomic E-state index is 0.00112. The number of benzene rings is 1. The van der Waals surface area contributed by atoms with Gasteiger partial charge in [0.1, 0.15) is 0 Å². The van der Waals surface area contributed by atoms with Crippen molar-refractivity contribution in [2.75, 3.05) is 25.0 Å². The molecule has 7 heteroatoms. The molecule has 2 rings (SSSR count). The first-order valence-electron chi connectivity index (χ1n) is 6.93. The standard InChI is InChI=1S/C14H19N3O4/c1-3-12-9-16(6-7-21-12)14(18)15-11-5-4-10(2)13(8-11)17(19)20/h4-5,8,12H,3,6-7,9H2,1-2H3,(H,15,18)/t12-/m1/s1. The third kappa shape index (κ3) is 3.69. The molecule has 1 aromatic carbocycles. The number of nitro groups is 1. The van der Waals surface area contributed by atoms with Crippen molar-refractivity contribution in [2.24, 2.45) is 0 Å². The number of amides is 2. The number of carbonyl (C=O) groups excluding carboxylic acids is 1. The number of urea groups is 1. The van der Waals surface area contributed by atoms with Gasteiger partial charge in [-0.2, -0.15) is 0 Å². The van der Waals surface area contributed by atoms with Crippen molar-refractivity contribution in [2.45, 2.75) is 26.4 Å². The summed E-state index contributed by atoms with van der Waals surface area (Å²) in [5.74, 6) is 0. The monoisotopic (exact) mass is 293 g/mol. The van der Waals surface area contributed by atoms with Gasteiger partial charge in [-0.1, -0.05) is 13.0 Å². The number of aryl methyl sites for hydroxylation is 1. The van der Waals surface area contributed by atoms with Gasteiger partial charge in [-0.25, -0.2) is 4.79 Å². The predicted octanol–water partition coefficient (Wildman–Crippen LogP) is 2.55. The van der Waals surface area contributed by atoms with E-state index in [0.29, 0.717) is 30.9 Å². The summed E-state index contributed by atoms with van der Waals surface area (Å²) in [4.78, 5) is 24.3. The highest BCUT2D eigenvalue weighted by atomic mass is 16.6. The first-order valence-corrected chi connectivity index (χ1v) is 6.93. The first kappa shape index (κ1) is 15.2. The van der Waals surface area contributed by atoms with Crippen LogP contribution in [0.25, 0.3) is 0 Å². The second-order valence-electron chi connectivity index (χ2n) is 5.04. The van der Waals surface area contributed by atoms with Crippen LogP contribution in [-0.2, 0) is 4.74 Å². The molecule has 0 aromatic heterocycles. The van der Waals surface area contributed by atoms with Crippen LogP contribution in [0.1, 0.15) is 18.9 Å². The number of carbonyl (C=O) groups is 1. The molecular formula is C14H19N3O4. The molecule has 1 N–H and O–H groups in total. The number of rotatable bonds is 3. The summed E-state index contributed by atoms with van der Waals surface area (Å²) in [5, 5.41) is 13.6. The number of nitrogens with one attached hydrogen (secondary N) is 1. The lowest BCUT2D eigenvalue weighted by molar-refractivity contribution is -0.385. The quantitative estimate of drug-likeness (QED) is 0.685. The molecule has 0 bridgehead atoms. The molecule has 0 saturated carbocycles. The molecule has 1 aliphatic rings. The van der Waals surface area contributed by atoms with Gasteiger partial charge < -0.3 is 15.0 Å². The van der Waals surface area contributed by atoms with E-state index in [1.807, 2.05) is 6.92 Å². The molecule has 1 saturated heterocycles. The second kappa shape index (κ2) is 6.53. The van der Waals surface area contributed by atoms with Gasteiger partial charge in [-0.05, 0) is 19.4 Å². The Morgan fingerprint density at radius 3 is 3.00 bits per heavy atom. The van der Waals surface area contributed by atoms with Crippen molar-refractivity contribution in [3.05, 3.63) is 33.9 Å². The summed E-state index contributed by atoms with van der Waals surface area (Å²) < 4.78 is 5.51. The summed E-state index contributed by atoms with van der Waals surface area (Å²) in [5.41, 5.74) is 0.994. The van der Waals surface area contributed by atoms with Crippen LogP contribution in [0.15, 0.2) is 18.2 Å². The van der Waals surface area contributed by atoms with Crippen molar-refractivity contribution >= 4 is 17.4 Å². The zero-order chi connectivity index (χ0) is 15.4.